The molecule has 1 aliphatic heterocycles. The van der Waals surface area contributed by atoms with Crippen molar-refractivity contribution in [1.29, 1.82) is 0 Å². The van der Waals surface area contributed by atoms with Crippen LogP contribution in [0.4, 0.5) is 0 Å². The second kappa shape index (κ2) is 9.25. The molecule has 25 heavy (non-hydrogen) atoms. The van der Waals surface area contributed by atoms with Gasteiger partial charge in [-0.2, -0.15) is 0 Å². The number of cyclic esters (lactones) is 1. The lowest BCUT2D eigenvalue weighted by molar-refractivity contribution is -0.119. The van der Waals surface area contributed by atoms with Crippen LogP contribution in [-0.4, -0.2) is 32.1 Å². The van der Waals surface area contributed by atoms with Crippen LogP contribution in [0.25, 0.3) is 0 Å². The Labute approximate surface area is 149 Å². The van der Waals surface area contributed by atoms with Gasteiger partial charge in [-0.25, -0.2) is 4.79 Å². The van der Waals surface area contributed by atoms with Crippen molar-refractivity contribution in [3.63, 3.8) is 0 Å². The number of Topliss-reactive ketones (excluding diaryl/α,β-unsaturated/α-hetero) is 1. The van der Waals surface area contributed by atoms with Crippen molar-refractivity contribution in [3.8, 4) is 11.5 Å². The van der Waals surface area contributed by atoms with E-state index in [4.69, 9.17) is 14.2 Å². The third-order valence-electron chi connectivity index (χ3n) is 4.29. The lowest BCUT2D eigenvalue weighted by Gasteiger charge is -2.18. The van der Waals surface area contributed by atoms with Crippen LogP contribution in [0.3, 0.4) is 0 Å². The molecule has 0 fully saturated rings. The van der Waals surface area contributed by atoms with Crippen LogP contribution in [-0.2, 0) is 16.0 Å². The Morgan fingerprint density at radius 3 is 2.60 bits per heavy atom. The van der Waals surface area contributed by atoms with Crippen molar-refractivity contribution in [2.24, 2.45) is 0 Å². The van der Waals surface area contributed by atoms with Gasteiger partial charge in [0.15, 0.2) is 0 Å². The highest BCUT2D eigenvalue weighted by molar-refractivity contribution is 5.94. The Balaban J connectivity index is 2.38. The fraction of sp³-hybridized carbons (Fsp3) is 0.500. The molecule has 0 radical (unpaired) electrons. The highest BCUT2D eigenvalue weighted by Gasteiger charge is 2.22. The van der Waals surface area contributed by atoms with E-state index < -0.39 is 5.97 Å². The minimum absolute atomic E-state index is 0.251. The van der Waals surface area contributed by atoms with Gasteiger partial charge in [0, 0.05) is 18.9 Å². The molecule has 0 amide bonds. The quantitative estimate of drug-likeness (QED) is 0.601. The Morgan fingerprint density at radius 1 is 1.08 bits per heavy atom. The van der Waals surface area contributed by atoms with E-state index in [2.05, 4.69) is 0 Å². The minimum Gasteiger partial charge on any atom is -0.497 e. The number of hydrogen-bond donors (Lipinski definition) is 0. The summed E-state index contributed by atoms with van der Waals surface area (Å²) in [7, 11) is 3.10. The van der Waals surface area contributed by atoms with Crippen LogP contribution in [0, 0.1) is 0 Å². The number of allylic oxidation sites excluding steroid dienone is 2. The van der Waals surface area contributed by atoms with Gasteiger partial charge in [0.2, 0.25) is 0 Å². The van der Waals surface area contributed by atoms with Crippen LogP contribution in [0.2, 0.25) is 0 Å². The molecule has 1 aromatic carbocycles. The van der Waals surface area contributed by atoms with Crippen LogP contribution in [0.15, 0.2) is 24.3 Å². The highest BCUT2D eigenvalue weighted by Crippen LogP contribution is 2.31. The zero-order valence-corrected chi connectivity index (χ0v) is 15.2. The summed E-state index contributed by atoms with van der Waals surface area (Å²) in [5, 5.41) is 0. The molecule has 0 bridgehead atoms. The monoisotopic (exact) mass is 346 g/mol. The number of esters is 1. The molecule has 5 nitrogen and oxygen atoms in total. The first-order valence-electron chi connectivity index (χ1n) is 8.67. The van der Waals surface area contributed by atoms with Crippen molar-refractivity contribution in [3.05, 3.63) is 35.4 Å². The maximum Gasteiger partial charge on any atom is 0.342 e. The summed E-state index contributed by atoms with van der Waals surface area (Å²) in [6.07, 6.45) is 7.44. The molecule has 1 heterocycles. The summed E-state index contributed by atoms with van der Waals surface area (Å²) in [6.45, 7) is 1.85. The van der Waals surface area contributed by atoms with Gasteiger partial charge in [-0.3, -0.25) is 4.79 Å². The first kappa shape index (κ1) is 19.0. The summed E-state index contributed by atoms with van der Waals surface area (Å²) < 4.78 is 16.3. The third kappa shape index (κ3) is 5.34. The molecule has 0 N–H and O–H groups in total. The van der Waals surface area contributed by atoms with E-state index in [1.165, 1.54) is 7.11 Å². The Morgan fingerprint density at radius 2 is 1.88 bits per heavy atom. The molecular formula is C20H26O5. The number of benzene rings is 1. The predicted molar refractivity (Wildman–Crippen MR) is 95.4 cm³/mol. The molecule has 5 heteroatoms. The number of rotatable bonds is 2. The van der Waals surface area contributed by atoms with E-state index >= 15 is 0 Å². The highest BCUT2D eigenvalue weighted by atomic mass is 16.5. The molecule has 1 atom stereocenters. The van der Waals surface area contributed by atoms with E-state index in [1.807, 2.05) is 25.1 Å². The van der Waals surface area contributed by atoms with Crippen LogP contribution in [0.1, 0.15) is 54.9 Å². The normalized spacial score (nSPS) is 20.8. The zero-order valence-electron chi connectivity index (χ0n) is 15.2. The molecular weight excluding hydrogens is 320 g/mol. The molecule has 0 saturated heterocycles. The third-order valence-corrected chi connectivity index (χ3v) is 4.29. The van der Waals surface area contributed by atoms with Crippen LogP contribution < -0.4 is 9.47 Å². The molecule has 136 valence electrons. The number of carbonyl (C=O) groups excluding carboxylic acids is 2. The maximum atomic E-state index is 12.7. The second-order valence-electron chi connectivity index (χ2n) is 6.22. The minimum atomic E-state index is -0.404. The Bertz CT molecular complexity index is 648. The zero-order chi connectivity index (χ0) is 18.2. The average Bonchev–Trinajstić information content (AvgIpc) is 2.59. The summed E-state index contributed by atoms with van der Waals surface area (Å²) in [5.41, 5.74) is 1.22. The van der Waals surface area contributed by atoms with E-state index in [0.717, 1.165) is 18.4 Å². The lowest BCUT2D eigenvalue weighted by atomic mass is 10.0. The molecule has 0 spiro atoms. The first-order chi connectivity index (χ1) is 12.0. The van der Waals surface area contributed by atoms with Crippen molar-refractivity contribution < 1.29 is 23.8 Å². The van der Waals surface area contributed by atoms with E-state index in [9.17, 15) is 9.59 Å². The van der Waals surface area contributed by atoms with Crippen molar-refractivity contribution >= 4 is 11.8 Å². The summed E-state index contributed by atoms with van der Waals surface area (Å²) >= 11 is 0. The fourth-order valence-electron chi connectivity index (χ4n) is 2.90. The number of ketones is 1. The fourth-order valence-corrected chi connectivity index (χ4v) is 2.90. The topological polar surface area (TPSA) is 61.8 Å². The van der Waals surface area contributed by atoms with Gasteiger partial charge >= 0.3 is 5.97 Å². The molecule has 0 saturated carbocycles. The van der Waals surface area contributed by atoms with Gasteiger partial charge in [-0.05, 0) is 44.2 Å². The number of hydrogen-bond acceptors (Lipinski definition) is 5. The lowest BCUT2D eigenvalue weighted by Crippen LogP contribution is -2.18. The Kier molecular flexibility index (Phi) is 7.04. The van der Waals surface area contributed by atoms with Gasteiger partial charge in [-0.1, -0.05) is 12.2 Å². The first-order valence-corrected chi connectivity index (χ1v) is 8.67. The standard InChI is InChI=1S/C20H26O5/c1-14-8-7-11-16(21)10-6-4-5-9-15-12-17(23-2)13-18(24-3)19(15)20(22)25-14/h4-5,12-14H,6-11H2,1-3H3/b5-4+. The molecule has 1 unspecified atom stereocenters. The largest absolute Gasteiger partial charge is 0.497 e. The van der Waals surface area contributed by atoms with Crippen LogP contribution >= 0.6 is 0 Å². The molecule has 2 rings (SSSR count). The maximum absolute atomic E-state index is 12.7. The summed E-state index contributed by atoms with van der Waals surface area (Å²) in [6, 6.07) is 3.52. The van der Waals surface area contributed by atoms with E-state index in [0.29, 0.717) is 42.7 Å². The van der Waals surface area contributed by atoms with E-state index in [-0.39, 0.29) is 11.9 Å². The van der Waals surface area contributed by atoms with Gasteiger partial charge in [0.05, 0.1) is 20.3 Å². The van der Waals surface area contributed by atoms with Crippen molar-refractivity contribution in [2.75, 3.05) is 14.2 Å². The smallest absolute Gasteiger partial charge is 0.342 e. The number of ether oxygens (including phenoxy) is 3. The number of methoxy groups -OCH3 is 2. The Hall–Kier alpha value is -2.30. The second-order valence-corrected chi connectivity index (χ2v) is 6.22. The van der Waals surface area contributed by atoms with Crippen molar-refractivity contribution in [2.45, 2.75) is 51.6 Å². The molecule has 1 aliphatic rings. The van der Waals surface area contributed by atoms with Gasteiger partial charge in [0.1, 0.15) is 22.8 Å². The summed E-state index contributed by atoms with van der Waals surface area (Å²) in [5.74, 6) is 0.922. The molecule has 1 aromatic rings. The van der Waals surface area contributed by atoms with Crippen LogP contribution in [0.5, 0.6) is 11.5 Å². The number of carbonyl (C=O) groups is 2. The van der Waals surface area contributed by atoms with Gasteiger partial charge in [-0.15, -0.1) is 0 Å². The average molecular weight is 346 g/mol. The predicted octanol–water partition coefficient (Wildman–Crippen LogP) is 3.88. The summed E-state index contributed by atoms with van der Waals surface area (Å²) in [4.78, 5) is 24.5. The van der Waals surface area contributed by atoms with E-state index in [1.54, 1.807) is 13.2 Å². The van der Waals surface area contributed by atoms with Gasteiger partial charge in [0.25, 0.3) is 0 Å². The van der Waals surface area contributed by atoms with Gasteiger partial charge < -0.3 is 14.2 Å². The van der Waals surface area contributed by atoms with Crippen molar-refractivity contribution in [1.82, 2.24) is 0 Å². The number of fused-ring (bicyclic) bond motifs is 1. The molecule has 0 aliphatic carbocycles. The molecule has 0 aromatic heterocycles. The SMILES string of the molecule is COc1cc2c(c(OC)c1)C(=O)OC(C)CCCC(=O)CC/C=C/C2.